The van der Waals surface area contributed by atoms with Crippen molar-refractivity contribution in [1.82, 2.24) is 14.9 Å². The van der Waals surface area contributed by atoms with Crippen LogP contribution in [0.4, 0.5) is 16.0 Å². The first kappa shape index (κ1) is 27.1. The first-order valence-corrected chi connectivity index (χ1v) is 14.6. The van der Waals surface area contributed by atoms with Gasteiger partial charge in [0.1, 0.15) is 28.7 Å². The predicted octanol–water partition coefficient (Wildman–Crippen LogP) is 2.51. The summed E-state index contributed by atoms with van der Waals surface area (Å²) < 4.78 is 29.5. The molecular weight excluding hydrogens is 544 g/mol. The Morgan fingerprint density at radius 1 is 1.31 bits per heavy atom. The summed E-state index contributed by atoms with van der Waals surface area (Å²) in [7, 11) is 0. The van der Waals surface area contributed by atoms with Crippen molar-refractivity contribution in [2.24, 2.45) is 0 Å². The van der Waals surface area contributed by atoms with Gasteiger partial charge < -0.3 is 25.4 Å². The van der Waals surface area contributed by atoms with Crippen molar-refractivity contribution in [2.75, 3.05) is 41.2 Å². The van der Waals surface area contributed by atoms with Crippen LogP contribution in [-0.4, -0.2) is 78.9 Å². The third-order valence-corrected chi connectivity index (χ3v) is 9.05. The molecule has 3 atom stereocenters. The molecule has 39 heavy (non-hydrogen) atoms. The minimum atomic E-state index is -2.50. The number of nitrogen functional groups attached to an aromatic ring is 1. The summed E-state index contributed by atoms with van der Waals surface area (Å²) in [5, 5.41) is 12.8. The molecule has 14 heteroatoms. The third-order valence-electron chi connectivity index (χ3n) is 7.09. The highest BCUT2D eigenvalue weighted by Gasteiger charge is 2.44. The summed E-state index contributed by atoms with van der Waals surface area (Å²) in [5.41, 5.74) is 6.63. The molecule has 5 rings (SSSR count). The fraction of sp³-hybridized carbons (Fsp3) is 0.440. The lowest BCUT2D eigenvalue weighted by Gasteiger charge is -2.28. The maximum absolute atomic E-state index is 13.6. The Bertz CT molecular complexity index is 1410. The molecule has 1 amide bonds. The molecule has 2 aliphatic heterocycles. The van der Waals surface area contributed by atoms with Gasteiger partial charge in [-0.25, -0.2) is 23.3 Å². The number of carbonyl (C=O) groups excluding carboxylic acids is 1. The van der Waals surface area contributed by atoms with Gasteiger partial charge in [0.2, 0.25) is 5.91 Å². The van der Waals surface area contributed by atoms with Gasteiger partial charge in [-0.15, -0.1) is 0 Å². The lowest BCUT2D eigenvalue weighted by molar-refractivity contribution is -0.148. The monoisotopic (exact) mass is 574 g/mol. The maximum atomic E-state index is 13.6. The van der Waals surface area contributed by atoms with Crippen LogP contribution in [0, 0.1) is 0 Å². The molecule has 1 unspecified atom stereocenters. The number of fused-ring (bicyclic) bond motifs is 1. The number of hydrogen-bond acceptors (Lipinski definition) is 9. The number of carboxylic acids is 1. The molecule has 0 bridgehead atoms. The van der Waals surface area contributed by atoms with E-state index < -0.39 is 35.2 Å². The Kier molecular flexibility index (Phi) is 7.86. The zero-order valence-corrected chi connectivity index (χ0v) is 23.0. The number of nitrogens with two attached hydrogens (primary N) is 1. The normalized spacial score (nSPS) is 19.0. The number of rotatable bonds is 10. The van der Waals surface area contributed by atoms with Gasteiger partial charge in [0.05, 0.1) is 12.8 Å². The van der Waals surface area contributed by atoms with Crippen molar-refractivity contribution in [1.29, 1.82) is 0 Å². The summed E-state index contributed by atoms with van der Waals surface area (Å²) in [5.74, 6) is -0.892. The minimum Gasteiger partial charge on any atom is -0.494 e. The topological polar surface area (TPSA) is 162 Å². The van der Waals surface area contributed by atoms with E-state index in [-0.39, 0.29) is 19.4 Å². The van der Waals surface area contributed by atoms with Crippen LogP contribution < -0.4 is 19.7 Å². The summed E-state index contributed by atoms with van der Waals surface area (Å²) in [6.07, 6.45) is 5.38. The lowest BCUT2D eigenvalue weighted by atomic mass is 10.00. The van der Waals surface area contributed by atoms with E-state index in [1.807, 2.05) is 6.92 Å². The van der Waals surface area contributed by atoms with Gasteiger partial charge in [-0.05, 0) is 55.3 Å². The van der Waals surface area contributed by atoms with E-state index >= 15 is 0 Å². The Morgan fingerprint density at radius 2 is 2.08 bits per heavy atom. The number of ether oxygens (including phenoxy) is 1. The van der Waals surface area contributed by atoms with Crippen LogP contribution in [-0.2, 0) is 27.3 Å². The number of benzene rings is 1. The number of thiazole rings is 1. The molecule has 0 aliphatic carbocycles. The number of pyridine rings is 1. The molecule has 2 fully saturated rings. The summed E-state index contributed by atoms with van der Waals surface area (Å²) >= 11 is -1.25. The van der Waals surface area contributed by atoms with E-state index in [0.29, 0.717) is 34.1 Å². The van der Waals surface area contributed by atoms with E-state index in [4.69, 9.17) is 10.5 Å². The Balaban J connectivity index is 1.41. The van der Waals surface area contributed by atoms with Crippen molar-refractivity contribution < 1.29 is 28.2 Å². The highest BCUT2D eigenvalue weighted by atomic mass is 32.2. The highest BCUT2D eigenvalue weighted by Crippen LogP contribution is 2.36. The summed E-state index contributed by atoms with van der Waals surface area (Å²) in [6, 6.07) is 3.13. The summed E-state index contributed by atoms with van der Waals surface area (Å²) in [4.78, 5) is 37.9. The first-order valence-electron chi connectivity index (χ1n) is 12.7. The number of carbonyl (C=O) groups is 2. The number of nitrogens with zero attached hydrogens (tertiary/aromatic N) is 5. The van der Waals surface area contributed by atoms with Crippen LogP contribution in [0.15, 0.2) is 30.6 Å². The number of aliphatic carboxylic acids is 1. The zero-order valence-electron chi connectivity index (χ0n) is 21.4. The molecule has 208 valence electrons. The standard InChI is InChI=1S/C25H30N6O6S2/c1-2-37-20-13-17-15(5-7-27-22(17)26)11-16(20)12-19(24(33)34)30-10-6-18(23(30)32)31(39(35)36)21-14-28-25(38-21)29-8-3-4-9-29/h5,7,11,13-14,18-19H,2-4,6,8-10,12H2,1H3,(H2,26,27)(H,33,34)(H,35,36)/t18-,19+/m0/s1. The second-order valence-electron chi connectivity index (χ2n) is 9.44. The second-order valence-corrected chi connectivity index (χ2v) is 11.3. The molecule has 0 spiro atoms. The number of carboxylic acid groups (broad SMARTS) is 1. The summed E-state index contributed by atoms with van der Waals surface area (Å²) in [6.45, 7) is 4.04. The molecule has 2 saturated heterocycles. The number of aromatic nitrogens is 2. The van der Waals surface area contributed by atoms with Crippen molar-refractivity contribution in [3.05, 3.63) is 36.2 Å². The van der Waals surface area contributed by atoms with Gasteiger partial charge in [0.15, 0.2) is 5.13 Å². The molecule has 3 aromatic rings. The average molecular weight is 575 g/mol. The van der Waals surface area contributed by atoms with Gasteiger partial charge in [0, 0.05) is 37.6 Å². The Labute approximate surface area is 231 Å². The van der Waals surface area contributed by atoms with Gasteiger partial charge in [0.25, 0.3) is 11.3 Å². The molecule has 2 aromatic heterocycles. The van der Waals surface area contributed by atoms with Crippen LogP contribution >= 0.6 is 11.3 Å². The van der Waals surface area contributed by atoms with E-state index in [1.54, 1.807) is 24.4 Å². The van der Waals surface area contributed by atoms with Gasteiger partial charge in [-0.3, -0.25) is 9.35 Å². The molecule has 4 N–H and O–H groups in total. The predicted molar refractivity (Wildman–Crippen MR) is 149 cm³/mol. The van der Waals surface area contributed by atoms with Gasteiger partial charge in [-0.1, -0.05) is 11.3 Å². The number of likely N-dealkylation sites (tertiary alicyclic amines) is 1. The number of hydrogen-bond donors (Lipinski definition) is 3. The third kappa shape index (κ3) is 5.36. The van der Waals surface area contributed by atoms with E-state index in [1.165, 1.54) is 22.4 Å². The van der Waals surface area contributed by atoms with Crippen LogP contribution in [0.3, 0.4) is 0 Å². The van der Waals surface area contributed by atoms with E-state index in [0.717, 1.165) is 40.8 Å². The highest BCUT2D eigenvalue weighted by molar-refractivity contribution is 7.81. The lowest BCUT2D eigenvalue weighted by Crippen LogP contribution is -2.48. The fourth-order valence-corrected chi connectivity index (χ4v) is 7.07. The average Bonchev–Trinajstić information content (AvgIpc) is 3.66. The molecule has 12 nitrogen and oxygen atoms in total. The molecule has 1 aromatic carbocycles. The molecule has 0 radical (unpaired) electrons. The van der Waals surface area contributed by atoms with Crippen molar-refractivity contribution in [3.63, 3.8) is 0 Å². The largest absolute Gasteiger partial charge is 0.494 e. The van der Waals surface area contributed by atoms with Crippen molar-refractivity contribution >= 4 is 61.2 Å². The molecule has 2 aliphatic rings. The van der Waals surface area contributed by atoms with Gasteiger partial charge >= 0.3 is 5.97 Å². The number of amides is 1. The smallest absolute Gasteiger partial charge is 0.326 e. The zero-order chi connectivity index (χ0) is 27.7. The molecule has 0 saturated carbocycles. The minimum absolute atomic E-state index is 0.0107. The molecule has 4 heterocycles. The van der Waals surface area contributed by atoms with Crippen molar-refractivity contribution in [2.45, 2.75) is 44.7 Å². The Morgan fingerprint density at radius 3 is 2.77 bits per heavy atom. The van der Waals surface area contributed by atoms with Crippen LogP contribution in [0.5, 0.6) is 5.75 Å². The van der Waals surface area contributed by atoms with Crippen LogP contribution in [0.25, 0.3) is 10.8 Å². The van der Waals surface area contributed by atoms with Gasteiger partial charge in [-0.2, -0.15) is 0 Å². The maximum Gasteiger partial charge on any atom is 0.326 e. The molecular formula is C25H30N6O6S2. The van der Waals surface area contributed by atoms with E-state index in [2.05, 4.69) is 14.9 Å². The van der Waals surface area contributed by atoms with Crippen LogP contribution in [0.2, 0.25) is 0 Å². The second kappa shape index (κ2) is 11.3. The fourth-order valence-electron chi connectivity index (χ4n) is 5.23. The Hall–Kier alpha value is -3.49. The van der Waals surface area contributed by atoms with E-state index in [9.17, 15) is 23.5 Å². The first-order chi connectivity index (χ1) is 18.8. The number of anilines is 3. The van der Waals surface area contributed by atoms with Crippen molar-refractivity contribution in [3.8, 4) is 5.75 Å². The quantitative estimate of drug-likeness (QED) is 0.307. The SMILES string of the molecule is CCOc1cc2c(N)nccc2cc1C[C@H](C(=O)O)N1CC[C@H](N(c2cnc(N3CCCC3)s2)S(=O)O)C1=O. The van der Waals surface area contributed by atoms with Crippen LogP contribution in [0.1, 0.15) is 31.7 Å².